The Balaban J connectivity index is 0.000000720. The van der Waals surface area contributed by atoms with Crippen LogP contribution in [0, 0.1) is 0 Å². The maximum absolute atomic E-state index is 2.41. The van der Waals surface area contributed by atoms with Crippen LogP contribution < -0.4 is 33.4 Å². The summed E-state index contributed by atoms with van der Waals surface area (Å²) in [5, 5.41) is 3.50. The minimum absolute atomic E-state index is 0. The molecule has 1 aliphatic heterocycles. The van der Waals surface area contributed by atoms with Gasteiger partial charge in [-0.1, -0.05) is 11.3 Å². The summed E-state index contributed by atoms with van der Waals surface area (Å²) in [5.74, 6) is 0. The van der Waals surface area contributed by atoms with Gasteiger partial charge < -0.3 is 24.0 Å². The van der Waals surface area contributed by atoms with E-state index in [1.165, 1.54) is 11.7 Å². The van der Waals surface area contributed by atoms with Gasteiger partial charge in [0.25, 0.3) is 0 Å². The highest BCUT2D eigenvalue weighted by Gasteiger charge is 2.53. The van der Waals surface area contributed by atoms with Crippen molar-refractivity contribution >= 4 is 16.5 Å². The van der Waals surface area contributed by atoms with Gasteiger partial charge in [-0.3, -0.25) is 0 Å². The molecule has 0 aliphatic carbocycles. The molecule has 1 aromatic heterocycles. The first-order chi connectivity index (χ1) is 5.11. The van der Waals surface area contributed by atoms with Crippen molar-refractivity contribution in [1.82, 2.24) is 0 Å². The van der Waals surface area contributed by atoms with Crippen LogP contribution in [0.3, 0.4) is 0 Å². The van der Waals surface area contributed by atoms with Gasteiger partial charge in [-0.25, -0.2) is 9.47 Å². The number of rotatable bonds is 1. The first-order valence-electron chi connectivity index (χ1n) is 3.82. The number of thiazole rings is 1. The highest BCUT2D eigenvalue weighted by molar-refractivity contribution is 7.13. The van der Waals surface area contributed by atoms with E-state index < -0.39 is 0 Å². The number of aryl methyl sites for hydroxylation is 1. The Labute approximate surface area is 94.2 Å². The molecule has 12 heavy (non-hydrogen) atoms. The molecule has 0 N–H and O–H groups in total. The van der Waals surface area contributed by atoms with Crippen molar-refractivity contribution in [2.24, 2.45) is 7.05 Å². The quantitative estimate of drug-likeness (QED) is 0.336. The molecule has 0 amide bonds. The van der Waals surface area contributed by atoms with Crippen LogP contribution in [0.1, 0.15) is 13.8 Å². The Hall–Kier alpha value is 0.160. The molecule has 0 saturated carbocycles. The summed E-state index contributed by atoms with van der Waals surface area (Å²) in [4.78, 5) is 2.41. The van der Waals surface area contributed by atoms with Crippen LogP contribution in [0.2, 0.25) is 0 Å². The predicted molar refractivity (Wildman–Crippen MR) is 46.9 cm³/mol. The first kappa shape index (κ1) is 10.2. The fraction of sp³-hybridized carbons (Fsp3) is 0.625. The standard InChI is InChI=1S/C8H13N2S.HI/c1-8(2)6-10(8)7-9(3)4-5-11-7;/h4-5H,6H2,1-3H3;1H/q+1;/p-1. The zero-order chi connectivity index (χ0) is 8.06. The zero-order valence-electron chi connectivity index (χ0n) is 7.54. The Morgan fingerprint density at radius 2 is 2.17 bits per heavy atom. The van der Waals surface area contributed by atoms with Gasteiger partial charge in [0.1, 0.15) is 18.3 Å². The van der Waals surface area contributed by atoms with Crippen LogP contribution in [0.5, 0.6) is 0 Å². The summed E-state index contributed by atoms with van der Waals surface area (Å²) >= 11 is 1.81. The summed E-state index contributed by atoms with van der Waals surface area (Å²) in [6.45, 7) is 5.74. The summed E-state index contributed by atoms with van der Waals surface area (Å²) in [6.07, 6.45) is 2.11. The van der Waals surface area contributed by atoms with Crippen LogP contribution >= 0.6 is 11.3 Å². The van der Waals surface area contributed by atoms with Crippen molar-refractivity contribution in [2.45, 2.75) is 19.4 Å². The smallest absolute Gasteiger partial charge is 0.336 e. The number of halogens is 1. The van der Waals surface area contributed by atoms with E-state index in [0.29, 0.717) is 5.54 Å². The molecule has 4 heteroatoms. The van der Waals surface area contributed by atoms with Crippen molar-refractivity contribution in [2.75, 3.05) is 11.4 Å². The predicted octanol–water partition coefficient (Wildman–Crippen LogP) is -1.82. The zero-order valence-corrected chi connectivity index (χ0v) is 10.5. The largest absolute Gasteiger partial charge is 1.00 e. The molecule has 1 fully saturated rings. The van der Waals surface area contributed by atoms with Crippen molar-refractivity contribution in [1.29, 1.82) is 0 Å². The topological polar surface area (TPSA) is 6.89 Å². The van der Waals surface area contributed by atoms with Crippen molar-refractivity contribution in [3.05, 3.63) is 11.6 Å². The van der Waals surface area contributed by atoms with E-state index in [2.05, 4.69) is 41.9 Å². The second-order valence-corrected chi connectivity index (χ2v) is 4.57. The monoisotopic (exact) mass is 296 g/mol. The van der Waals surface area contributed by atoms with Gasteiger partial charge in [-0.2, -0.15) is 0 Å². The van der Waals surface area contributed by atoms with Gasteiger partial charge in [0.2, 0.25) is 0 Å². The maximum Gasteiger partial charge on any atom is 0.336 e. The second-order valence-electron chi connectivity index (χ2n) is 3.70. The lowest BCUT2D eigenvalue weighted by molar-refractivity contribution is -0.653. The number of anilines is 1. The molecule has 0 spiro atoms. The SMILES string of the molecule is C[n+]1ccsc1N1CC1(C)C.[I-]. The number of aromatic nitrogens is 1. The normalized spacial score (nSPS) is 18.8. The molecular formula is C8H13IN2S. The van der Waals surface area contributed by atoms with Crippen molar-refractivity contribution in [3.8, 4) is 0 Å². The lowest BCUT2D eigenvalue weighted by Crippen LogP contribution is -3.00. The van der Waals surface area contributed by atoms with Gasteiger partial charge in [-0.05, 0) is 13.8 Å². The van der Waals surface area contributed by atoms with Gasteiger partial charge in [0.05, 0.1) is 7.05 Å². The Morgan fingerprint density at radius 1 is 1.58 bits per heavy atom. The third-order valence-corrected chi connectivity index (χ3v) is 3.14. The van der Waals surface area contributed by atoms with Gasteiger partial charge in [-0.15, -0.1) is 0 Å². The van der Waals surface area contributed by atoms with E-state index in [-0.39, 0.29) is 24.0 Å². The molecule has 2 rings (SSSR count). The fourth-order valence-electron chi connectivity index (χ4n) is 1.26. The van der Waals surface area contributed by atoms with Crippen molar-refractivity contribution < 1.29 is 28.5 Å². The average Bonchev–Trinajstić information content (AvgIpc) is 2.38. The minimum atomic E-state index is 0. The molecule has 0 aromatic carbocycles. The van der Waals surface area contributed by atoms with Crippen LogP contribution in [0.25, 0.3) is 0 Å². The molecule has 1 aromatic rings. The number of nitrogens with zero attached hydrogens (tertiary/aromatic N) is 2. The van der Waals surface area contributed by atoms with Crippen LogP contribution in [0.15, 0.2) is 11.6 Å². The second kappa shape index (κ2) is 3.14. The molecule has 2 nitrogen and oxygen atoms in total. The minimum Gasteiger partial charge on any atom is -1.00 e. The highest BCUT2D eigenvalue weighted by Crippen LogP contribution is 2.36. The molecule has 0 radical (unpaired) electrons. The first-order valence-corrected chi connectivity index (χ1v) is 4.70. The van der Waals surface area contributed by atoms with Crippen LogP contribution in [-0.4, -0.2) is 12.1 Å². The molecular weight excluding hydrogens is 283 g/mol. The third-order valence-electron chi connectivity index (χ3n) is 2.16. The summed E-state index contributed by atoms with van der Waals surface area (Å²) in [7, 11) is 2.10. The highest BCUT2D eigenvalue weighted by atomic mass is 127. The Kier molecular flexibility index (Phi) is 2.68. The van der Waals surface area contributed by atoms with Gasteiger partial charge >= 0.3 is 5.13 Å². The number of hydrogen-bond donors (Lipinski definition) is 0. The average molecular weight is 296 g/mol. The van der Waals surface area contributed by atoms with Crippen LogP contribution in [0.4, 0.5) is 5.13 Å². The van der Waals surface area contributed by atoms with E-state index in [1.54, 1.807) is 0 Å². The van der Waals surface area contributed by atoms with Crippen LogP contribution in [-0.2, 0) is 7.05 Å². The molecule has 1 aliphatic rings. The molecule has 0 atom stereocenters. The van der Waals surface area contributed by atoms with Crippen molar-refractivity contribution in [3.63, 3.8) is 0 Å². The van der Waals surface area contributed by atoms with Gasteiger partial charge in [0.15, 0.2) is 0 Å². The summed E-state index contributed by atoms with van der Waals surface area (Å²) < 4.78 is 2.18. The Bertz CT molecular complexity index is 282. The number of hydrogen-bond acceptors (Lipinski definition) is 2. The molecule has 0 bridgehead atoms. The maximum atomic E-state index is 2.41. The fourth-order valence-corrected chi connectivity index (χ4v) is 2.29. The summed E-state index contributed by atoms with van der Waals surface area (Å²) in [6, 6.07) is 0. The van der Waals surface area contributed by atoms with E-state index in [1.807, 2.05) is 11.3 Å². The lowest BCUT2D eigenvalue weighted by atomic mass is 10.2. The Morgan fingerprint density at radius 3 is 2.50 bits per heavy atom. The lowest BCUT2D eigenvalue weighted by Gasteiger charge is -1.97. The van der Waals surface area contributed by atoms with E-state index in [9.17, 15) is 0 Å². The van der Waals surface area contributed by atoms with E-state index in [4.69, 9.17) is 0 Å². The third kappa shape index (κ3) is 1.59. The molecule has 1 saturated heterocycles. The molecule has 2 heterocycles. The summed E-state index contributed by atoms with van der Waals surface area (Å²) in [5.41, 5.74) is 0.405. The molecule has 68 valence electrons. The molecule has 0 unspecified atom stereocenters. The van der Waals surface area contributed by atoms with E-state index in [0.717, 1.165) is 0 Å². The van der Waals surface area contributed by atoms with E-state index >= 15 is 0 Å². The van der Waals surface area contributed by atoms with Gasteiger partial charge in [0, 0.05) is 5.38 Å².